The van der Waals surface area contributed by atoms with Gasteiger partial charge in [0.2, 0.25) is 5.91 Å². The predicted molar refractivity (Wildman–Crippen MR) is 103 cm³/mol. The fourth-order valence-electron chi connectivity index (χ4n) is 3.34. The van der Waals surface area contributed by atoms with Crippen molar-refractivity contribution < 1.29 is 13.2 Å². The molecule has 1 heterocycles. The summed E-state index contributed by atoms with van der Waals surface area (Å²) in [6, 6.07) is 17.0. The van der Waals surface area contributed by atoms with E-state index in [0.717, 1.165) is 25.1 Å². The van der Waals surface area contributed by atoms with Crippen LogP contribution in [0, 0.1) is 0 Å². The molecule has 2 aromatic carbocycles. The van der Waals surface area contributed by atoms with Gasteiger partial charge < -0.3 is 4.90 Å². The molecule has 138 valence electrons. The van der Waals surface area contributed by atoms with Gasteiger partial charge in [-0.3, -0.25) is 4.79 Å². The van der Waals surface area contributed by atoms with Crippen LogP contribution in [0.2, 0.25) is 0 Å². The molecular formula is C21H25NO3S. The first kappa shape index (κ1) is 18.6. The van der Waals surface area contributed by atoms with E-state index in [9.17, 15) is 13.2 Å². The maximum absolute atomic E-state index is 12.6. The third-order valence-corrected chi connectivity index (χ3v) is 7.21. The second kappa shape index (κ2) is 7.62. The lowest BCUT2D eigenvalue weighted by atomic mass is 9.99. The zero-order chi connectivity index (χ0) is 18.7. The van der Waals surface area contributed by atoms with Gasteiger partial charge in [-0.2, -0.15) is 0 Å². The third kappa shape index (κ3) is 3.98. The van der Waals surface area contributed by atoms with Gasteiger partial charge >= 0.3 is 0 Å². The molecule has 1 amide bonds. The van der Waals surface area contributed by atoms with E-state index in [1.165, 1.54) is 5.56 Å². The Kier molecular flexibility index (Phi) is 5.47. The lowest BCUT2D eigenvalue weighted by Gasteiger charge is -2.17. The second-order valence-corrected chi connectivity index (χ2v) is 9.65. The molecule has 0 saturated carbocycles. The molecule has 0 aromatic heterocycles. The summed E-state index contributed by atoms with van der Waals surface area (Å²) < 4.78 is 24.3. The van der Waals surface area contributed by atoms with Crippen LogP contribution in [0.3, 0.4) is 0 Å². The number of carbonyl (C=O) groups is 1. The van der Waals surface area contributed by atoms with Crippen molar-refractivity contribution in [2.24, 2.45) is 0 Å². The van der Waals surface area contributed by atoms with Crippen LogP contribution in [0.15, 0.2) is 59.5 Å². The van der Waals surface area contributed by atoms with Crippen LogP contribution in [0.4, 0.5) is 0 Å². The van der Waals surface area contributed by atoms with Crippen molar-refractivity contribution in [2.45, 2.75) is 42.8 Å². The van der Waals surface area contributed by atoms with E-state index in [0.29, 0.717) is 17.2 Å². The Morgan fingerprint density at radius 2 is 1.73 bits per heavy atom. The molecule has 4 nitrogen and oxygen atoms in total. The van der Waals surface area contributed by atoms with Gasteiger partial charge in [-0.1, -0.05) is 42.5 Å². The minimum absolute atomic E-state index is 0.0999. The van der Waals surface area contributed by atoms with E-state index < -0.39 is 15.1 Å². The van der Waals surface area contributed by atoms with Crippen LogP contribution in [0.5, 0.6) is 0 Å². The number of sulfone groups is 1. The molecule has 0 radical (unpaired) electrons. The maximum atomic E-state index is 12.6. The number of amides is 1. The highest BCUT2D eigenvalue weighted by Gasteiger charge is 2.27. The van der Waals surface area contributed by atoms with E-state index in [2.05, 4.69) is 12.1 Å². The molecule has 3 rings (SSSR count). The quantitative estimate of drug-likeness (QED) is 0.809. The normalized spacial score (nSPS) is 17.7. The second-order valence-electron chi connectivity index (χ2n) is 7.15. The first-order valence-corrected chi connectivity index (χ1v) is 10.6. The zero-order valence-electron chi connectivity index (χ0n) is 15.3. The number of nitrogens with zero attached hydrogens (tertiary/aromatic N) is 1. The molecule has 26 heavy (non-hydrogen) atoms. The largest absolute Gasteiger partial charge is 0.342 e. The summed E-state index contributed by atoms with van der Waals surface area (Å²) in [4.78, 5) is 14.8. The third-order valence-electron chi connectivity index (χ3n) is 5.04. The van der Waals surface area contributed by atoms with E-state index in [1.54, 1.807) is 38.1 Å². The molecular weight excluding hydrogens is 346 g/mol. The summed E-state index contributed by atoms with van der Waals surface area (Å²) in [7, 11) is -3.27. The zero-order valence-corrected chi connectivity index (χ0v) is 16.1. The Morgan fingerprint density at radius 1 is 1.08 bits per heavy atom. The number of rotatable bonds is 5. The number of hydrogen-bond acceptors (Lipinski definition) is 3. The van der Waals surface area contributed by atoms with Gasteiger partial charge in [-0.15, -0.1) is 0 Å². The van der Waals surface area contributed by atoms with Crippen molar-refractivity contribution in [2.75, 3.05) is 13.1 Å². The highest BCUT2D eigenvalue weighted by Crippen LogP contribution is 2.27. The summed E-state index contributed by atoms with van der Waals surface area (Å²) >= 11 is 0. The Balaban J connectivity index is 1.62. The van der Waals surface area contributed by atoms with Gasteiger partial charge in [0.1, 0.15) is 0 Å². The van der Waals surface area contributed by atoms with Crippen molar-refractivity contribution in [3.63, 3.8) is 0 Å². The lowest BCUT2D eigenvalue weighted by molar-refractivity contribution is -0.129. The van der Waals surface area contributed by atoms with Crippen molar-refractivity contribution >= 4 is 15.7 Å². The first-order valence-electron chi connectivity index (χ1n) is 9.03. The topological polar surface area (TPSA) is 54.5 Å². The minimum Gasteiger partial charge on any atom is -0.342 e. The molecule has 1 saturated heterocycles. The van der Waals surface area contributed by atoms with Gasteiger partial charge in [0.15, 0.2) is 9.84 Å². The van der Waals surface area contributed by atoms with Gasteiger partial charge in [0.05, 0.1) is 16.6 Å². The Labute approximate surface area is 155 Å². The lowest BCUT2D eigenvalue weighted by Crippen LogP contribution is -2.29. The summed E-state index contributed by atoms with van der Waals surface area (Å²) in [5.41, 5.74) is 2.13. The monoisotopic (exact) mass is 371 g/mol. The number of benzene rings is 2. The van der Waals surface area contributed by atoms with Crippen LogP contribution in [-0.2, 0) is 21.1 Å². The number of hydrogen-bond donors (Lipinski definition) is 0. The fourth-order valence-corrected chi connectivity index (χ4v) is 4.40. The average Bonchev–Trinajstić information content (AvgIpc) is 3.13. The van der Waals surface area contributed by atoms with E-state index >= 15 is 0 Å². The number of likely N-dealkylation sites (tertiary alicyclic amines) is 1. The molecule has 0 N–H and O–H groups in total. The SMILES string of the molecule is CC(C)S(=O)(=O)c1ccc(CC(=O)N2CC[C@@H](c3ccccc3)C2)cc1. The molecule has 5 heteroatoms. The molecule has 0 unspecified atom stereocenters. The van der Waals surface area contributed by atoms with Crippen molar-refractivity contribution in [3.8, 4) is 0 Å². The molecule has 2 aromatic rings. The van der Waals surface area contributed by atoms with Crippen molar-refractivity contribution in [3.05, 3.63) is 65.7 Å². The van der Waals surface area contributed by atoms with Crippen LogP contribution < -0.4 is 0 Å². The minimum atomic E-state index is -3.27. The average molecular weight is 372 g/mol. The Morgan fingerprint density at radius 3 is 2.35 bits per heavy atom. The van der Waals surface area contributed by atoms with Gasteiger partial charge in [0.25, 0.3) is 0 Å². The standard InChI is InChI=1S/C21H25NO3S/c1-16(2)26(24,25)20-10-8-17(9-11-20)14-21(23)22-13-12-19(15-22)18-6-4-3-5-7-18/h3-11,16,19H,12-15H2,1-2H3/t19-/m1/s1. The molecule has 1 aliphatic rings. The van der Waals surface area contributed by atoms with Crippen LogP contribution >= 0.6 is 0 Å². The molecule has 0 spiro atoms. The Hall–Kier alpha value is -2.14. The van der Waals surface area contributed by atoms with E-state index in [1.807, 2.05) is 23.1 Å². The summed E-state index contributed by atoms with van der Waals surface area (Å²) in [6.45, 7) is 4.87. The molecule has 1 aliphatic heterocycles. The van der Waals surface area contributed by atoms with Gasteiger partial charge in [-0.05, 0) is 43.5 Å². The molecule has 0 bridgehead atoms. The maximum Gasteiger partial charge on any atom is 0.227 e. The van der Waals surface area contributed by atoms with Crippen LogP contribution in [-0.4, -0.2) is 37.6 Å². The predicted octanol–water partition coefficient (Wildman–Crippen LogP) is 3.43. The highest BCUT2D eigenvalue weighted by molar-refractivity contribution is 7.92. The first-order chi connectivity index (χ1) is 12.4. The van der Waals surface area contributed by atoms with Gasteiger partial charge in [-0.25, -0.2) is 8.42 Å². The molecule has 1 fully saturated rings. The fraction of sp³-hybridized carbons (Fsp3) is 0.381. The van der Waals surface area contributed by atoms with E-state index in [-0.39, 0.29) is 5.91 Å². The highest BCUT2D eigenvalue weighted by atomic mass is 32.2. The smallest absolute Gasteiger partial charge is 0.227 e. The number of carbonyl (C=O) groups excluding carboxylic acids is 1. The van der Waals surface area contributed by atoms with Crippen molar-refractivity contribution in [1.29, 1.82) is 0 Å². The summed E-state index contributed by atoms with van der Waals surface area (Å²) in [5, 5.41) is -0.450. The van der Waals surface area contributed by atoms with E-state index in [4.69, 9.17) is 0 Å². The molecule has 0 aliphatic carbocycles. The Bertz CT molecular complexity index is 858. The van der Waals surface area contributed by atoms with Gasteiger partial charge in [0, 0.05) is 19.0 Å². The molecule has 1 atom stereocenters. The summed E-state index contributed by atoms with van der Waals surface area (Å²) in [5.74, 6) is 0.501. The van der Waals surface area contributed by atoms with Crippen molar-refractivity contribution in [1.82, 2.24) is 4.90 Å². The summed E-state index contributed by atoms with van der Waals surface area (Å²) in [6.07, 6.45) is 1.30. The van der Waals surface area contributed by atoms with Crippen LogP contribution in [0.1, 0.15) is 37.3 Å². The van der Waals surface area contributed by atoms with Crippen LogP contribution in [0.25, 0.3) is 0 Å².